The number of carbonyl (C=O) groups excluding carboxylic acids is 2. The molecule has 0 unspecified atom stereocenters. The van der Waals surface area contributed by atoms with Gasteiger partial charge in [0.1, 0.15) is 0 Å². The lowest BCUT2D eigenvalue weighted by Gasteiger charge is -2.47. The molecular weight excluding hydrogens is 608 g/mol. The number of aliphatic hydroxyl groups is 1. The van der Waals surface area contributed by atoms with Crippen LogP contribution in [0.1, 0.15) is 54.4 Å². The molecule has 1 aliphatic carbocycles. The summed E-state index contributed by atoms with van der Waals surface area (Å²) in [5, 5.41) is 11.3. The van der Waals surface area contributed by atoms with Crippen LogP contribution in [-0.4, -0.2) is 65.3 Å². The summed E-state index contributed by atoms with van der Waals surface area (Å²) in [7, 11) is 3.34. The number of thioether (sulfide) groups is 1. The molecule has 1 atom stereocenters. The van der Waals surface area contributed by atoms with Crippen LogP contribution in [-0.2, 0) is 10.4 Å². The van der Waals surface area contributed by atoms with Crippen molar-refractivity contribution in [1.82, 2.24) is 9.80 Å². The molecule has 2 aromatic carbocycles. The topological polar surface area (TPSA) is 60.9 Å². The maximum absolute atomic E-state index is 14.1. The molecule has 4 rings (SSSR count). The Balaban J connectivity index is 1.38. The molecule has 1 aliphatic heterocycles. The van der Waals surface area contributed by atoms with E-state index in [-0.39, 0.29) is 34.5 Å². The van der Waals surface area contributed by atoms with E-state index in [1.807, 2.05) is 12.1 Å². The first kappa shape index (κ1) is 31.3. The van der Waals surface area contributed by atoms with E-state index in [1.165, 1.54) is 11.0 Å². The summed E-state index contributed by atoms with van der Waals surface area (Å²) in [4.78, 5) is 29.0. The Morgan fingerprint density at radius 2 is 1.55 bits per heavy atom. The van der Waals surface area contributed by atoms with Crippen molar-refractivity contribution in [1.29, 1.82) is 0 Å². The second kappa shape index (κ2) is 11.9. The third-order valence-electron chi connectivity index (χ3n) is 7.98. The Morgan fingerprint density at radius 1 is 0.975 bits per heavy atom. The molecule has 218 valence electrons. The number of hydrogen-bond acceptors (Lipinski definition) is 4. The Labute approximate surface area is 250 Å². The maximum Gasteiger partial charge on any atom is 0.430 e. The molecule has 1 N–H and O–H groups in total. The lowest BCUT2D eigenvalue weighted by Crippen LogP contribution is -2.58. The summed E-state index contributed by atoms with van der Waals surface area (Å²) in [6.07, 6.45) is -0.509. The van der Waals surface area contributed by atoms with Crippen molar-refractivity contribution in [2.24, 2.45) is 5.41 Å². The van der Waals surface area contributed by atoms with E-state index in [0.717, 1.165) is 47.6 Å². The van der Waals surface area contributed by atoms with Crippen LogP contribution in [0.25, 0.3) is 0 Å². The van der Waals surface area contributed by atoms with Crippen LogP contribution in [0.5, 0.6) is 0 Å². The smallest absolute Gasteiger partial charge is 0.368 e. The van der Waals surface area contributed by atoms with Crippen LogP contribution in [0.2, 0.25) is 15.1 Å². The average molecular weight is 638 g/mol. The summed E-state index contributed by atoms with van der Waals surface area (Å²) in [5.41, 5.74) is -4.03. The van der Waals surface area contributed by atoms with Gasteiger partial charge in [0.2, 0.25) is 0 Å². The normalized spacial score (nSPS) is 19.4. The summed E-state index contributed by atoms with van der Waals surface area (Å²) in [6.45, 7) is 0.251. The highest BCUT2D eigenvalue weighted by molar-refractivity contribution is 8.00. The molecule has 1 spiro atoms. The molecule has 1 saturated heterocycles. The van der Waals surface area contributed by atoms with Crippen molar-refractivity contribution in [3.8, 4) is 0 Å². The van der Waals surface area contributed by atoms with Crippen LogP contribution < -0.4 is 0 Å². The van der Waals surface area contributed by atoms with Gasteiger partial charge in [0.25, 0.3) is 17.4 Å². The van der Waals surface area contributed by atoms with Crippen molar-refractivity contribution in [2.75, 3.05) is 27.2 Å². The highest BCUT2D eigenvalue weighted by Crippen LogP contribution is 2.49. The molecule has 2 amide bonds. The Bertz CT molecular complexity index is 1250. The van der Waals surface area contributed by atoms with E-state index in [4.69, 9.17) is 34.8 Å². The monoisotopic (exact) mass is 636 g/mol. The van der Waals surface area contributed by atoms with E-state index in [9.17, 15) is 27.9 Å². The summed E-state index contributed by atoms with van der Waals surface area (Å²) in [6, 6.07) is 8.53. The molecular formula is C28H30Cl3F3N2O3S. The first-order valence-corrected chi connectivity index (χ1v) is 14.9. The lowest BCUT2D eigenvalue weighted by molar-refractivity contribution is -0.262. The number of rotatable bonds is 5. The van der Waals surface area contributed by atoms with Gasteiger partial charge >= 0.3 is 6.18 Å². The molecule has 0 bridgehead atoms. The average Bonchev–Trinajstić information content (AvgIpc) is 2.88. The minimum atomic E-state index is -5.26. The van der Waals surface area contributed by atoms with E-state index < -0.39 is 23.2 Å². The highest BCUT2D eigenvalue weighted by Gasteiger charge is 2.62. The van der Waals surface area contributed by atoms with Crippen molar-refractivity contribution in [3.05, 3.63) is 62.6 Å². The van der Waals surface area contributed by atoms with Crippen LogP contribution in [0.3, 0.4) is 0 Å². The van der Waals surface area contributed by atoms with Gasteiger partial charge in [-0.3, -0.25) is 9.59 Å². The van der Waals surface area contributed by atoms with Gasteiger partial charge in [0.15, 0.2) is 0 Å². The number of likely N-dealkylation sites (tertiary alicyclic amines) is 1. The van der Waals surface area contributed by atoms with Crippen LogP contribution in [0.4, 0.5) is 13.2 Å². The number of hydrogen-bond donors (Lipinski definition) is 1. The largest absolute Gasteiger partial charge is 0.430 e. The van der Waals surface area contributed by atoms with E-state index in [1.54, 1.807) is 31.9 Å². The summed E-state index contributed by atoms with van der Waals surface area (Å²) >= 11 is 19.8. The van der Waals surface area contributed by atoms with Gasteiger partial charge in [0.05, 0.1) is 10.6 Å². The van der Waals surface area contributed by atoms with Crippen LogP contribution in [0, 0.1) is 5.41 Å². The fraction of sp³-hybridized carbons (Fsp3) is 0.500. The minimum absolute atomic E-state index is 0.0524. The molecule has 5 nitrogen and oxygen atoms in total. The van der Waals surface area contributed by atoms with Crippen LogP contribution in [0.15, 0.2) is 41.3 Å². The molecule has 2 aromatic rings. The summed E-state index contributed by atoms with van der Waals surface area (Å²) in [5.74, 6) is -1.57. The molecule has 2 aliphatic rings. The third kappa shape index (κ3) is 6.38. The van der Waals surface area contributed by atoms with Gasteiger partial charge in [0, 0.05) is 52.9 Å². The lowest BCUT2D eigenvalue weighted by atomic mass is 9.68. The number of nitrogens with zero attached hydrogens (tertiary/aromatic N) is 2. The first-order valence-electron chi connectivity index (χ1n) is 12.9. The number of amides is 2. The second-order valence-electron chi connectivity index (χ2n) is 10.8. The van der Waals surface area contributed by atoms with Gasteiger partial charge in [-0.2, -0.15) is 13.2 Å². The quantitative estimate of drug-likeness (QED) is 0.370. The Kier molecular flexibility index (Phi) is 9.32. The van der Waals surface area contributed by atoms with Crippen LogP contribution >= 0.6 is 46.6 Å². The standard InChI is InChI=1S/C28H30Cl3F3N2O3S/c1-35(2)24(37)22-4-3-21(16-23(22)31)40-20-5-7-26(8-6-20)9-11-36(12-10-26)25(38)27(39,28(32,33)34)17-13-18(29)15-19(30)14-17/h3-4,13-16,20,39H,5-12H2,1-2H3/t27-/m1/s1. The van der Waals surface area contributed by atoms with E-state index in [2.05, 4.69) is 0 Å². The Hall–Kier alpha value is -1.65. The zero-order valence-corrected chi connectivity index (χ0v) is 25.1. The highest BCUT2D eigenvalue weighted by atomic mass is 35.5. The number of halogens is 6. The maximum atomic E-state index is 14.1. The fourth-order valence-corrected chi connectivity index (χ4v) is 7.62. The van der Waals surface area contributed by atoms with Gasteiger partial charge in [-0.05, 0) is 80.3 Å². The second-order valence-corrected chi connectivity index (χ2v) is 13.5. The zero-order chi connectivity index (χ0) is 29.5. The third-order valence-corrected chi connectivity index (χ3v) is 10.1. The molecule has 0 aromatic heterocycles. The van der Waals surface area contributed by atoms with Gasteiger partial charge in [-0.25, -0.2) is 0 Å². The van der Waals surface area contributed by atoms with Crippen molar-refractivity contribution in [2.45, 2.75) is 60.4 Å². The number of carbonyl (C=O) groups is 2. The zero-order valence-electron chi connectivity index (χ0n) is 22.0. The first-order chi connectivity index (χ1) is 18.6. The minimum Gasteiger partial charge on any atom is -0.368 e. The van der Waals surface area contributed by atoms with E-state index in [0.29, 0.717) is 28.7 Å². The molecule has 2 fully saturated rings. The Morgan fingerprint density at radius 3 is 2.05 bits per heavy atom. The fourth-order valence-electron chi connectivity index (χ4n) is 5.58. The van der Waals surface area contributed by atoms with Gasteiger partial charge < -0.3 is 14.9 Å². The van der Waals surface area contributed by atoms with E-state index >= 15 is 0 Å². The number of alkyl halides is 3. The molecule has 40 heavy (non-hydrogen) atoms. The SMILES string of the molecule is CN(C)C(=O)c1ccc(SC2CCC3(CC2)CCN(C(=O)[C@](O)(c2cc(Cl)cc(Cl)c2)C(F)(F)F)CC3)cc1Cl. The predicted octanol–water partition coefficient (Wildman–Crippen LogP) is 7.44. The molecule has 1 saturated carbocycles. The predicted molar refractivity (Wildman–Crippen MR) is 152 cm³/mol. The molecule has 1 heterocycles. The van der Waals surface area contributed by atoms with Gasteiger partial charge in [-0.1, -0.05) is 34.8 Å². The number of piperidine rings is 1. The van der Waals surface area contributed by atoms with Crippen molar-refractivity contribution in [3.63, 3.8) is 0 Å². The van der Waals surface area contributed by atoms with Crippen molar-refractivity contribution < 1.29 is 27.9 Å². The van der Waals surface area contributed by atoms with Crippen molar-refractivity contribution >= 4 is 58.4 Å². The summed E-state index contributed by atoms with van der Waals surface area (Å²) < 4.78 is 42.4. The van der Waals surface area contributed by atoms with Gasteiger partial charge in [-0.15, -0.1) is 11.8 Å². The molecule has 0 radical (unpaired) electrons. The molecule has 12 heteroatoms. The number of benzene rings is 2.